The molecule has 1 aliphatic carbocycles. The van der Waals surface area contributed by atoms with Crippen LogP contribution in [0.15, 0.2) is 60.7 Å². The van der Waals surface area contributed by atoms with Gasteiger partial charge < -0.3 is 9.84 Å². The van der Waals surface area contributed by atoms with Crippen molar-refractivity contribution in [2.75, 3.05) is 0 Å². The van der Waals surface area contributed by atoms with Crippen molar-refractivity contribution in [3.05, 3.63) is 87.9 Å². The van der Waals surface area contributed by atoms with Crippen molar-refractivity contribution < 1.29 is 14.6 Å². The quantitative estimate of drug-likeness (QED) is 0.499. The second-order valence-electron chi connectivity index (χ2n) is 7.60. The average Bonchev–Trinajstić information content (AvgIpc) is 2.72. The van der Waals surface area contributed by atoms with Gasteiger partial charge in [0.1, 0.15) is 12.4 Å². The first-order valence-corrected chi connectivity index (χ1v) is 10.6. The highest BCUT2D eigenvalue weighted by Crippen LogP contribution is 2.28. The minimum Gasteiger partial charge on any atom is -0.489 e. The number of carboxylic acids is 1. The Balaban J connectivity index is 0.000000589. The smallest absolute Gasteiger partial charge is 0.300 e. The first-order chi connectivity index (χ1) is 14.4. The molecular weight excluding hydrogens is 396 g/mol. The number of benzene rings is 3. The van der Waals surface area contributed by atoms with Gasteiger partial charge in [0.05, 0.1) is 0 Å². The largest absolute Gasteiger partial charge is 0.489 e. The molecule has 0 radical (unpaired) electrons. The lowest BCUT2D eigenvalue weighted by Gasteiger charge is -2.17. The number of ether oxygens (including phenoxy) is 1. The number of carbonyl (C=O) groups is 1. The van der Waals surface area contributed by atoms with E-state index in [1.165, 1.54) is 59.1 Å². The number of aryl methyl sites for hydroxylation is 3. The highest BCUT2D eigenvalue weighted by atomic mass is 35.5. The summed E-state index contributed by atoms with van der Waals surface area (Å²) in [5.41, 5.74) is 7.72. The summed E-state index contributed by atoms with van der Waals surface area (Å²) in [6.45, 7) is 3.76. The van der Waals surface area contributed by atoms with Crippen LogP contribution in [0.25, 0.3) is 11.1 Å². The van der Waals surface area contributed by atoms with E-state index in [2.05, 4.69) is 55.5 Å². The van der Waals surface area contributed by atoms with Gasteiger partial charge in [0, 0.05) is 11.9 Å². The molecule has 0 aromatic heterocycles. The highest BCUT2D eigenvalue weighted by Gasteiger charge is 2.10. The fourth-order valence-electron chi connectivity index (χ4n) is 3.75. The summed E-state index contributed by atoms with van der Waals surface area (Å²) < 4.78 is 6.08. The monoisotopic (exact) mass is 422 g/mol. The molecule has 0 fully saturated rings. The third-order valence-corrected chi connectivity index (χ3v) is 5.39. The van der Waals surface area contributed by atoms with Gasteiger partial charge in [-0.3, -0.25) is 4.79 Å². The van der Waals surface area contributed by atoms with Crippen LogP contribution >= 0.6 is 11.6 Å². The van der Waals surface area contributed by atoms with Crippen LogP contribution in [0.3, 0.4) is 0 Å². The van der Waals surface area contributed by atoms with Crippen molar-refractivity contribution >= 4 is 17.6 Å². The summed E-state index contributed by atoms with van der Waals surface area (Å²) in [6, 6.07) is 21.2. The summed E-state index contributed by atoms with van der Waals surface area (Å²) in [5.74, 6) is 0.138. The van der Waals surface area contributed by atoms with Crippen molar-refractivity contribution in [2.24, 2.45) is 0 Å². The number of hydrogen-bond acceptors (Lipinski definition) is 2. The van der Waals surface area contributed by atoms with E-state index in [1.54, 1.807) is 0 Å². The molecule has 0 atom stereocenters. The van der Waals surface area contributed by atoms with Crippen molar-refractivity contribution in [3.63, 3.8) is 0 Å². The third kappa shape index (κ3) is 6.11. The Bertz CT molecular complexity index is 1020. The molecule has 156 valence electrons. The van der Waals surface area contributed by atoms with Crippen LogP contribution in [0.1, 0.15) is 42.0 Å². The maximum absolute atomic E-state index is 9.00. The highest BCUT2D eigenvalue weighted by molar-refractivity contribution is 6.30. The van der Waals surface area contributed by atoms with Crippen LogP contribution in [0.5, 0.6) is 5.75 Å². The van der Waals surface area contributed by atoms with E-state index in [0.29, 0.717) is 6.61 Å². The Hall–Kier alpha value is -2.78. The van der Waals surface area contributed by atoms with Crippen molar-refractivity contribution in [2.45, 2.75) is 46.1 Å². The second kappa shape index (κ2) is 10.3. The average molecular weight is 423 g/mol. The second-order valence-corrected chi connectivity index (χ2v) is 8.04. The van der Waals surface area contributed by atoms with E-state index in [-0.39, 0.29) is 0 Å². The van der Waals surface area contributed by atoms with E-state index in [4.69, 9.17) is 26.2 Å². The molecule has 4 heteroatoms. The normalized spacial score (nSPS) is 12.4. The minimum atomic E-state index is -0.833. The maximum atomic E-state index is 9.00. The molecule has 4 rings (SSSR count). The molecule has 0 saturated heterocycles. The van der Waals surface area contributed by atoms with Crippen molar-refractivity contribution in [1.29, 1.82) is 0 Å². The molecule has 3 aromatic carbocycles. The van der Waals surface area contributed by atoms with Gasteiger partial charge >= 0.3 is 0 Å². The Morgan fingerprint density at radius 3 is 2.47 bits per heavy atom. The Labute approximate surface area is 183 Å². The molecule has 30 heavy (non-hydrogen) atoms. The van der Waals surface area contributed by atoms with Gasteiger partial charge in [-0.25, -0.2) is 0 Å². The molecule has 0 amide bonds. The molecule has 3 aromatic rings. The third-order valence-electron chi connectivity index (χ3n) is 5.15. The zero-order chi connectivity index (χ0) is 21.5. The number of carboxylic acid groups (broad SMARTS) is 1. The van der Waals surface area contributed by atoms with E-state index in [0.717, 1.165) is 17.7 Å². The maximum Gasteiger partial charge on any atom is 0.300 e. The predicted octanol–water partition coefficient (Wildman–Crippen LogP) is 6.86. The molecule has 1 N–H and O–H groups in total. The number of rotatable bonds is 4. The molecule has 3 nitrogen and oxygen atoms in total. The van der Waals surface area contributed by atoms with E-state index >= 15 is 0 Å². The van der Waals surface area contributed by atoms with E-state index < -0.39 is 5.97 Å². The summed E-state index contributed by atoms with van der Waals surface area (Å²) >= 11 is 6.08. The minimum absolute atomic E-state index is 0.583. The van der Waals surface area contributed by atoms with Gasteiger partial charge in [-0.15, -0.1) is 0 Å². The molecule has 1 aliphatic rings. The predicted molar refractivity (Wildman–Crippen MR) is 122 cm³/mol. The summed E-state index contributed by atoms with van der Waals surface area (Å²) in [7, 11) is 0. The van der Waals surface area contributed by atoms with Crippen LogP contribution in [0.4, 0.5) is 0 Å². The topological polar surface area (TPSA) is 46.5 Å². The number of fused-ring (bicyclic) bond motifs is 1. The van der Waals surface area contributed by atoms with Gasteiger partial charge in [-0.1, -0.05) is 41.9 Å². The lowest BCUT2D eigenvalue weighted by atomic mass is 9.92. The standard InChI is InChI=1S/C24H23ClO.C2H4O2/c1-17-13-22(25)10-12-24(17)21-8-4-5-18(14-21)16-26-23-11-9-19-6-2-3-7-20(19)15-23;1-2(3)4/h4-5,8-15H,2-3,6-7,16H2,1H3;1H3,(H,3,4). The number of aliphatic carboxylic acids is 1. The first kappa shape index (κ1) is 21.9. The van der Waals surface area contributed by atoms with Crippen LogP contribution < -0.4 is 4.74 Å². The van der Waals surface area contributed by atoms with Crippen LogP contribution in [0, 0.1) is 6.92 Å². The summed E-state index contributed by atoms with van der Waals surface area (Å²) in [5, 5.41) is 8.19. The Morgan fingerprint density at radius 1 is 1.00 bits per heavy atom. The van der Waals surface area contributed by atoms with Crippen molar-refractivity contribution in [1.82, 2.24) is 0 Å². The Morgan fingerprint density at radius 2 is 1.73 bits per heavy atom. The van der Waals surface area contributed by atoms with Crippen LogP contribution in [-0.4, -0.2) is 11.1 Å². The molecule has 0 spiro atoms. The molecule has 0 heterocycles. The number of hydrogen-bond donors (Lipinski definition) is 1. The van der Waals surface area contributed by atoms with Gasteiger partial charge in [-0.05, 0) is 96.3 Å². The fraction of sp³-hybridized carbons (Fsp3) is 0.269. The van der Waals surface area contributed by atoms with E-state index in [9.17, 15) is 0 Å². The van der Waals surface area contributed by atoms with Gasteiger partial charge in [0.2, 0.25) is 0 Å². The molecule has 0 unspecified atom stereocenters. The summed E-state index contributed by atoms with van der Waals surface area (Å²) in [4.78, 5) is 9.00. The first-order valence-electron chi connectivity index (χ1n) is 10.2. The SMILES string of the molecule is CC(=O)O.Cc1cc(Cl)ccc1-c1cccc(COc2ccc3c(c2)CCCC3)c1. The van der Waals surface area contributed by atoms with Gasteiger partial charge in [-0.2, -0.15) is 0 Å². The van der Waals surface area contributed by atoms with Crippen LogP contribution in [-0.2, 0) is 24.2 Å². The molecule has 0 aliphatic heterocycles. The van der Waals surface area contributed by atoms with Gasteiger partial charge in [0.25, 0.3) is 5.97 Å². The Kier molecular flexibility index (Phi) is 7.53. The molecule has 0 bridgehead atoms. The fourth-order valence-corrected chi connectivity index (χ4v) is 3.97. The van der Waals surface area contributed by atoms with Crippen molar-refractivity contribution in [3.8, 4) is 16.9 Å². The van der Waals surface area contributed by atoms with Gasteiger partial charge in [0.15, 0.2) is 0 Å². The lowest BCUT2D eigenvalue weighted by molar-refractivity contribution is -0.134. The molecule has 0 saturated carbocycles. The zero-order valence-corrected chi connectivity index (χ0v) is 18.2. The zero-order valence-electron chi connectivity index (χ0n) is 17.5. The lowest BCUT2D eigenvalue weighted by Crippen LogP contribution is -2.03. The molecular formula is C26H27ClO3. The number of halogens is 1. The van der Waals surface area contributed by atoms with Crippen LogP contribution in [0.2, 0.25) is 5.02 Å². The van der Waals surface area contributed by atoms with E-state index in [1.807, 2.05) is 12.1 Å². The summed E-state index contributed by atoms with van der Waals surface area (Å²) in [6.07, 6.45) is 4.99.